The van der Waals surface area contributed by atoms with E-state index >= 15 is 0 Å². The number of halogens is 1. The fraction of sp³-hybridized carbons (Fsp3) is 0.312. The fourth-order valence-corrected chi connectivity index (χ4v) is 2.09. The number of pyridine rings is 1. The first-order valence-electron chi connectivity index (χ1n) is 6.93. The van der Waals surface area contributed by atoms with Crippen LogP contribution >= 0.6 is 0 Å². The van der Waals surface area contributed by atoms with Crippen LogP contribution in [0.3, 0.4) is 0 Å². The second-order valence-electron chi connectivity index (χ2n) is 4.52. The van der Waals surface area contributed by atoms with E-state index in [1.807, 2.05) is 12.3 Å². The van der Waals surface area contributed by atoms with Crippen molar-refractivity contribution in [2.45, 2.75) is 20.4 Å². The number of nitrogens with one attached hydrogen (secondary N) is 1. The van der Waals surface area contributed by atoms with Crippen LogP contribution in [0.2, 0.25) is 0 Å². The van der Waals surface area contributed by atoms with Gasteiger partial charge in [0.25, 0.3) is 0 Å². The average molecular weight is 273 g/mol. The number of aromatic nitrogens is 1. The Kier molecular flexibility index (Phi) is 5.07. The smallest absolute Gasteiger partial charge is 0.133 e. The summed E-state index contributed by atoms with van der Waals surface area (Å²) in [6.07, 6.45) is 1.81. The molecule has 4 heteroatoms. The van der Waals surface area contributed by atoms with Crippen molar-refractivity contribution in [1.82, 2.24) is 10.3 Å². The molecule has 0 saturated carbocycles. The van der Waals surface area contributed by atoms with Gasteiger partial charge in [-0.05, 0) is 55.4 Å². The van der Waals surface area contributed by atoms with Gasteiger partial charge in [0, 0.05) is 25.0 Å². The van der Waals surface area contributed by atoms with Crippen LogP contribution in [0.25, 0.3) is 0 Å². The Balaban J connectivity index is 2.24. The zero-order valence-electron chi connectivity index (χ0n) is 11.9. The Morgan fingerprint density at radius 1 is 1.15 bits per heavy atom. The van der Waals surface area contributed by atoms with Crippen molar-refractivity contribution >= 4 is 11.5 Å². The van der Waals surface area contributed by atoms with Gasteiger partial charge in [-0.15, -0.1) is 0 Å². The Hall–Kier alpha value is -1.94. The van der Waals surface area contributed by atoms with Gasteiger partial charge < -0.3 is 10.2 Å². The summed E-state index contributed by atoms with van der Waals surface area (Å²) in [4.78, 5) is 6.49. The Morgan fingerprint density at radius 3 is 2.55 bits per heavy atom. The first-order valence-corrected chi connectivity index (χ1v) is 6.93. The number of hydrogen-bond donors (Lipinski definition) is 1. The van der Waals surface area contributed by atoms with Crippen LogP contribution < -0.4 is 10.2 Å². The molecule has 0 aliphatic carbocycles. The first-order chi connectivity index (χ1) is 9.74. The number of hydrogen-bond acceptors (Lipinski definition) is 3. The van der Waals surface area contributed by atoms with Crippen LogP contribution in [-0.4, -0.2) is 18.1 Å². The topological polar surface area (TPSA) is 28.2 Å². The van der Waals surface area contributed by atoms with Crippen molar-refractivity contribution < 1.29 is 4.39 Å². The molecule has 0 unspecified atom stereocenters. The quantitative estimate of drug-likeness (QED) is 0.873. The summed E-state index contributed by atoms with van der Waals surface area (Å²) in [6.45, 7) is 6.68. The molecule has 106 valence electrons. The maximum Gasteiger partial charge on any atom is 0.133 e. The highest BCUT2D eigenvalue weighted by Crippen LogP contribution is 2.23. The van der Waals surface area contributed by atoms with E-state index in [0.29, 0.717) is 0 Å². The number of nitrogens with zero attached hydrogens (tertiary/aromatic N) is 2. The lowest BCUT2D eigenvalue weighted by molar-refractivity contribution is 0.628. The minimum Gasteiger partial charge on any atom is -0.327 e. The van der Waals surface area contributed by atoms with Gasteiger partial charge in [0.1, 0.15) is 11.6 Å². The van der Waals surface area contributed by atoms with Crippen LogP contribution in [0.4, 0.5) is 15.9 Å². The maximum atomic E-state index is 13.0. The van der Waals surface area contributed by atoms with E-state index in [1.165, 1.54) is 17.7 Å². The van der Waals surface area contributed by atoms with Crippen LogP contribution in [-0.2, 0) is 6.54 Å². The molecule has 1 aromatic heterocycles. The normalized spacial score (nSPS) is 10.6. The molecule has 0 aliphatic heterocycles. The predicted molar refractivity (Wildman–Crippen MR) is 80.7 cm³/mol. The third kappa shape index (κ3) is 3.54. The molecule has 20 heavy (non-hydrogen) atoms. The minimum atomic E-state index is -0.223. The summed E-state index contributed by atoms with van der Waals surface area (Å²) >= 11 is 0. The molecule has 0 radical (unpaired) electrons. The van der Waals surface area contributed by atoms with Crippen LogP contribution in [0.15, 0.2) is 42.6 Å². The van der Waals surface area contributed by atoms with E-state index < -0.39 is 0 Å². The summed E-state index contributed by atoms with van der Waals surface area (Å²) in [5, 5.41) is 3.30. The molecule has 1 heterocycles. The summed E-state index contributed by atoms with van der Waals surface area (Å²) in [6, 6.07) is 10.6. The predicted octanol–water partition coefficient (Wildman–Crippen LogP) is 3.49. The zero-order valence-corrected chi connectivity index (χ0v) is 11.9. The molecule has 1 aromatic carbocycles. The summed E-state index contributed by atoms with van der Waals surface area (Å²) in [5.74, 6) is 0.660. The molecule has 0 fully saturated rings. The van der Waals surface area contributed by atoms with Crippen LogP contribution in [0.5, 0.6) is 0 Å². The lowest BCUT2D eigenvalue weighted by Gasteiger charge is -2.22. The fourth-order valence-electron chi connectivity index (χ4n) is 2.09. The summed E-state index contributed by atoms with van der Waals surface area (Å²) < 4.78 is 13.0. The minimum absolute atomic E-state index is 0.223. The second-order valence-corrected chi connectivity index (χ2v) is 4.52. The monoisotopic (exact) mass is 273 g/mol. The van der Waals surface area contributed by atoms with E-state index in [1.54, 1.807) is 12.1 Å². The van der Waals surface area contributed by atoms with Gasteiger partial charge >= 0.3 is 0 Å². The molecular formula is C16H20FN3. The molecule has 0 atom stereocenters. The third-order valence-corrected chi connectivity index (χ3v) is 3.12. The molecule has 0 saturated heterocycles. The van der Waals surface area contributed by atoms with Gasteiger partial charge in [-0.25, -0.2) is 9.37 Å². The van der Waals surface area contributed by atoms with Gasteiger partial charge in [-0.2, -0.15) is 0 Å². The molecule has 2 rings (SSSR count). The maximum absolute atomic E-state index is 13.0. The van der Waals surface area contributed by atoms with E-state index in [0.717, 1.165) is 31.1 Å². The number of rotatable bonds is 6. The second kappa shape index (κ2) is 7.01. The largest absolute Gasteiger partial charge is 0.327 e. The van der Waals surface area contributed by atoms with Crippen molar-refractivity contribution in [1.29, 1.82) is 0 Å². The van der Waals surface area contributed by atoms with Gasteiger partial charge in [-0.3, -0.25) is 0 Å². The molecule has 0 spiro atoms. The molecule has 2 aromatic rings. The molecule has 0 aliphatic rings. The van der Waals surface area contributed by atoms with E-state index in [9.17, 15) is 4.39 Å². The van der Waals surface area contributed by atoms with Gasteiger partial charge in [-0.1, -0.05) is 6.92 Å². The summed E-state index contributed by atoms with van der Waals surface area (Å²) in [7, 11) is 0. The van der Waals surface area contributed by atoms with Crippen LogP contribution in [0.1, 0.15) is 19.4 Å². The number of anilines is 2. The van der Waals surface area contributed by atoms with Crippen LogP contribution in [0, 0.1) is 5.82 Å². The zero-order chi connectivity index (χ0) is 14.4. The average Bonchev–Trinajstić information content (AvgIpc) is 2.48. The highest BCUT2D eigenvalue weighted by molar-refractivity contribution is 5.60. The Bertz CT molecular complexity index is 540. The lowest BCUT2D eigenvalue weighted by atomic mass is 10.2. The van der Waals surface area contributed by atoms with Gasteiger partial charge in [0.2, 0.25) is 0 Å². The Morgan fingerprint density at radius 2 is 1.90 bits per heavy atom. The van der Waals surface area contributed by atoms with Crippen molar-refractivity contribution in [2.75, 3.05) is 18.0 Å². The van der Waals surface area contributed by atoms with Gasteiger partial charge in [0.05, 0.1) is 0 Å². The van der Waals surface area contributed by atoms with Crippen molar-refractivity contribution in [2.24, 2.45) is 0 Å². The highest BCUT2D eigenvalue weighted by Gasteiger charge is 2.09. The molecular weight excluding hydrogens is 253 g/mol. The van der Waals surface area contributed by atoms with E-state index in [2.05, 4.69) is 35.1 Å². The first kappa shape index (κ1) is 14.5. The van der Waals surface area contributed by atoms with E-state index in [4.69, 9.17) is 0 Å². The standard InChI is InChI=1S/C16H20FN3/c1-3-18-12-13-9-10-19-16(11-13)20(4-2)15-7-5-14(17)6-8-15/h5-11,18H,3-4,12H2,1-2H3. The highest BCUT2D eigenvalue weighted by atomic mass is 19.1. The van der Waals surface area contributed by atoms with Gasteiger partial charge in [0.15, 0.2) is 0 Å². The van der Waals surface area contributed by atoms with Crippen molar-refractivity contribution in [3.05, 3.63) is 54.0 Å². The number of benzene rings is 1. The lowest BCUT2D eigenvalue weighted by Crippen LogP contribution is -2.18. The Labute approximate surface area is 119 Å². The molecule has 0 bridgehead atoms. The molecule has 3 nitrogen and oxygen atoms in total. The van der Waals surface area contributed by atoms with E-state index in [-0.39, 0.29) is 5.82 Å². The molecule has 0 amide bonds. The van der Waals surface area contributed by atoms with Crippen molar-refractivity contribution in [3.8, 4) is 0 Å². The SMILES string of the molecule is CCNCc1ccnc(N(CC)c2ccc(F)cc2)c1. The third-order valence-electron chi connectivity index (χ3n) is 3.12. The van der Waals surface area contributed by atoms with Crippen molar-refractivity contribution in [3.63, 3.8) is 0 Å². The molecule has 1 N–H and O–H groups in total. The summed E-state index contributed by atoms with van der Waals surface area (Å²) in [5.41, 5.74) is 2.14.